The van der Waals surface area contributed by atoms with E-state index < -0.39 is 10.0 Å². The number of nitrogens with zero attached hydrogens (tertiary/aromatic N) is 2. The minimum Gasteiger partial charge on any atom is -0.335 e. The Kier molecular flexibility index (Phi) is 1.88. The minimum atomic E-state index is -3.32. The number of imidazole rings is 1. The summed E-state index contributed by atoms with van der Waals surface area (Å²) in [5.74, 6) is 0. The highest BCUT2D eigenvalue weighted by molar-refractivity contribution is 7.89. The highest BCUT2D eigenvalue weighted by Gasteiger charge is 2.35. The zero-order valence-corrected chi connectivity index (χ0v) is 8.08. The van der Waals surface area contributed by atoms with Gasteiger partial charge in [-0.15, -0.1) is 0 Å². The average Bonchev–Trinajstić information content (AvgIpc) is 2.78. The van der Waals surface area contributed by atoms with Crippen LogP contribution in [0.25, 0.3) is 0 Å². The van der Waals surface area contributed by atoms with Gasteiger partial charge in [-0.1, -0.05) is 0 Å². The van der Waals surface area contributed by atoms with E-state index in [1.807, 2.05) is 0 Å². The van der Waals surface area contributed by atoms with Gasteiger partial charge in [-0.3, -0.25) is 0 Å². The van der Waals surface area contributed by atoms with Crippen molar-refractivity contribution >= 4 is 10.0 Å². The van der Waals surface area contributed by atoms with Crippen LogP contribution in [0.15, 0.2) is 17.6 Å². The smallest absolute Gasteiger partial charge is 0.260 e. The molecular weight excluding hydrogens is 190 g/mol. The Labute approximate surface area is 76.8 Å². The molecule has 0 spiro atoms. The van der Waals surface area contributed by atoms with Gasteiger partial charge in [-0.2, -0.15) is 4.31 Å². The molecule has 0 atom stereocenters. The average molecular weight is 201 g/mol. The molecule has 1 fully saturated rings. The van der Waals surface area contributed by atoms with Crippen molar-refractivity contribution in [2.45, 2.75) is 23.9 Å². The molecule has 1 heterocycles. The molecule has 0 bridgehead atoms. The van der Waals surface area contributed by atoms with Gasteiger partial charge in [0.05, 0.1) is 12.5 Å². The van der Waals surface area contributed by atoms with Crippen molar-refractivity contribution in [3.05, 3.63) is 12.5 Å². The Morgan fingerprint density at radius 3 is 2.77 bits per heavy atom. The lowest BCUT2D eigenvalue weighted by atomic mass is 10.7. The normalized spacial score (nSPS) is 18.0. The van der Waals surface area contributed by atoms with E-state index in [-0.39, 0.29) is 11.1 Å². The number of aromatic amines is 1. The lowest BCUT2D eigenvalue weighted by Gasteiger charge is -2.14. The molecule has 0 aliphatic heterocycles. The first-order valence-electron chi connectivity index (χ1n) is 4.09. The Bertz CT molecular complexity index is 380. The van der Waals surface area contributed by atoms with Gasteiger partial charge in [0.25, 0.3) is 10.0 Å². The molecule has 0 unspecified atom stereocenters. The fraction of sp³-hybridized carbons (Fsp3) is 0.571. The highest BCUT2D eigenvalue weighted by atomic mass is 32.2. The van der Waals surface area contributed by atoms with E-state index in [1.54, 1.807) is 7.05 Å². The van der Waals surface area contributed by atoms with Crippen molar-refractivity contribution in [1.82, 2.24) is 14.3 Å². The van der Waals surface area contributed by atoms with E-state index in [0.717, 1.165) is 12.8 Å². The minimum absolute atomic E-state index is 0.168. The summed E-state index contributed by atoms with van der Waals surface area (Å²) in [6.45, 7) is 0. The number of rotatable bonds is 3. The quantitative estimate of drug-likeness (QED) is 0.759. The van der Waals surface area contributed by atoms with Crippen LogP contribution in [0.4, 0.5) is 0 Å². The van der Waals surface area contributed by atoms with Gasteiger partial charge in [0.1, 0.15) is 0 Å². The molecule has 0 amide bonds. The summed E-state index contributed by atoms with van der Waals surface area (Å²) >= 11 is 0. The summed E-state index contributed by atoms with van der Waals surface area (Å²) in [5.41, 5.74) is 0. The monoisotopic (exact) mass is 201 g/mol. The van der Waals surface area contributed by atoms with Crippen LogP contribution in [0.5, 0.6) is 0 Å². The Morgan fingerprint density at radius 1 is 1.62 bits per heavy atom. The third-order valence-corrected chi connectivity index (χ3v) is 4.03. The van der Waals surface area contributed by atoms with Crippen LogP contribution >= 0.6 is 0 Å². The number of aromatic nitrogens is 2. The van der Waals surface area contributed by atoms with E-state index in [1.165, 1.54) is 16.8 Å². The molecule has 2 rings (SSSR count). The van der Waals surface area contributed by atoms with Gasteiger partial charge in [0.15, 0.2) is 5.03 Å². The molecule has 5 nitrogen and oxygen atoms in total. The maximum atomic E-state index is 11.7. The largest absolute Gasteiger partial charge is 0.335 e. The van der Waals surface area contributed by atoms with Crippen molar-refractivity contribution in [2.75, 3.05) is 7.05 Å². The van der Waals surface area contributed by atoms with Crippen LogP contribution in [0.2, 0.25) is 0 Å². The van der Waals surface area contributed by atoms with Gasteiger partial charge in [0, 0.05) is 13.1 Å². The third-order valence-electron chi connectivity index (χ3n) is 2.19. The Morgan fingerprint density at radius 2 is 2.31 bits per heavy atom. The maximum Gasteiger partial charge on any atom is 0.260 e. The lowest BCUT2D eigenvalue weighted by Crippen LogP contribution is -2.29. The second-order valence-electron chi connectivity index (χ2n) is 3.17. The fourth-order valence-electron chi connectivity index (χ4n) is 1.17. The van der Waals surface area contributed by atoms with Gasteiger partial charge in [0.2, 0.25) is 0 Å². The number of nitrogens with one attached hydrogen (secondary N) is 1. The van der Waals surface area contributed by atoms with E-state index in [4.69, 9.17) is 0 Å². The summed E-state index contributed by atoms with van der Waals surface area (Å²) in [7, 11) is -1.71. The molecule has 72 valence electrons. The number of sulfonamides is 1. The van der Waals surface area contributed by atoms with Crippen LogP contribution in [0.3, 0.4) is 0 Å². The molecule has 1 aliphatic carbocycles. The molecule has 1 saturated carbocycles. The van der Waals surface area contributed by atoms with Crippen LogP contribution in [0.1, 0.15) is 12.8 Å². The SMILES string of the molecule is CN(C1CC1)S(=O)(=O)c1cnc[nH]1. The topological polar surface area (TPSA) is 66.1 Å². The molecule has 0 radical (unpaired) electrons. The first-order valence-corrected chi connectivity index (χ1v) is 5.53. The zero-order valence-electron chi connectivity index (χ0n) is 7.27. The molecule has 1 aromatic heterocycles. The highest BCUT2D eigenvalue weighted by Crippen LogP contribution is 2.29. The Balaban J connectivity index is 2.30. The van der Waals surface area contributed by atoms with E-state index in [0.29, 0.717) is 0 Å². The standard InChI is InChI=1S/C7H11N3O2S/c1-10(6-2-3-6)13(11,12)7-4-8-5-9-7/h4-6H,2-3H2,1H3,(H,8,9). The van der Waals surface area contributed by atoms with Crippen molar-refractivity contribution in [2.24, 2.45) is 0 Å². The van der Waals surface area contributed by atoms with Crippen molar-refractivity contribution < 1.29 is 8.42 Å². The molecule has 13 heavy (non-hydrogen) atoms. The first kappa shape index (κ1) is 8.71. The second-order valence-corrected chi connectivity index (χ2v) is 5.13. The van der Waals surface area contributed by atoms with Crippen LogP contribution < -0.4 is 0 Å². The van der Waals surface area contributed by atoms with Gasteiger partial charge in [-0.25, -0.2) is 13.4 Å². The third kappa shape index (κ3) is 1.47. The molecule has 1 aromatic rings. The second kappa shape index (κ2) is 2.81. The summed E-state index contributed by atoms with van der Waals surface area (Å²) < 4.78 is 24.9. The number of hydrogen-bond donors (Lipinski definition) is 1. The van der Waals surface area contributed by atoms with Crippen molar-refractivity contribution in [1.29, 1.82) is 0 Å². The van der Waals surface area contributed by atoms with Crippen LogP contribution in [0, 0.1) is 0 Å². The van der Waals surface area contributed by atoms with Gasteiger partial charge >= 0.3 is 0 Å². The predicted octanol–water partition coefficient (Wildman–Crippen LogP) is 0.193. The van der Waals surface area contributed by atoms with Gasteiger partial charge < -0.3 is 4.98 Å². The van der Waals surface area contributed by atoms with Gasteiger partial charge in [-0.05, 0) is 12.8 Å². The van der Waals surface area contributed by atoms with Crippen molar-refractivity contribution in [3.8, 4) is 0 Å². The van der Waals surface area contributed by atoms with E-state index in [2.05, 4.69) is 9.97 Å². The Hall–Kier alpha value is -0.880. The molecule has 0 aromatic carbocycles. The summed E-state index contributed by atoms with van der Waals surface area (Å²) in [6, 6.07) is 0.188. The molecule has 6 heteroatoms. The van der Waals surface area contributed by atoms with Crippen molar-refractivity contribution in [3.63, 3.8) is 0 Å². The van der Waals surface area contributed by atoms with E-state index in [9.17, 15) is 8.42 Å². The summed E-state index contributed by atoms with van der Waals surface area (Å²) in [6.07, 6.45) is 4.62. The molecular formula is C7H11N3O2S. The van der Waals surface area contributed by atoms with Crippen LogP contribution in [-0.4, -0.2) is 35.8 Å². The molecule has 0 saturated heterocycles. The maximum absolute atomic E-state index is 11.7. The first-order chi connectivity index (χ1) is 6.12. The fourth-order valence-corrected chi connectivity index (χ4v) is 2.48. The number of H-pyrrole nitrogens is 1. The number of hydrogen-bond acceptors (Lipinski definition) is 3. The van der Waals surface area contributed by atoms with E-state index >= 15 is 0 Å². The van der Waals surface area contributed by atoms with Crippen LogP contribution in [-0.2, 0) is 10.0 Å². The molecule has 1 N–H and O–H groups in total. The predicted molar refractivity (Wildman–Crippen MR) is 46.6 cm³/mol. The summed E-state index contributed by atoms with van der Waals surface area (Å²) in [5, 5.41) is 0.168. The lowest BCUT2D eigenvalue weighted by molar-refractivity contribution is 0.462. The summed E-state index contributed by atoms with van der Waals surface area (Å²) in [4.78, 5) is 6.29. The zero-order chi connectivity index (χ0) is 9.47. The molecule has 1 aliphatic rings.